The average Bonchev–Trinajstić information content (AvgIpc) is 3.10. The molecule has 2 rings (SSSR count). The molecule has 2 heteroatoms. The Bertz CT molecular complexity index is 303. The minimum absolute atomic E-state index is 0.433. The van der Waals surface area contributed by atoms with Crippen LogP contribution in [0.2, 0.25) is 0 Å². The van der Waals surface area contributed by atoms with Gasteiger partial charge in [0, 0.05) is 0 Å². The van der Waals surface area contributed by atoms with E-state index in [0.717, 1.165) is 18.3 Å². The van der Waals surface area contributed by atoms with Crippen LogP contribution in [0.1, 0.15) is 31.2 Å². The lowest BCUT2D eigenvalue weighted by Gasteiger charge is -2.10. The molecule has 1 atom stereocenters. The summed E-state index contributed by atoms with van der Waals surface area (Å²) in [7, 11) is 0. The van der Waals surface area contributed by atoms with Gasteiger partial charge in [0.1, 0.15) is 5.75 Å². The first-order valence-corrected chi connectivity index (χ1v) is 5.72. The van der Waals surface area contributed by atoms with E-state index in [0.29, 0.717) is 12.5 Å². The number of rotatable bonds is 5. The first-order chi connectivity index (χ1) is 7.29. The second-order valence-electron chi connectivity index (χ2n) is 4.46. The van der Waals surface area contributed by atoms with Crippen LogP contribution in [0.4, 0.5) is 0 Å². The molecule has 0 aromatic heterocycles. The highest BCUT2D eigenvalue weighted by Crippen LogP contribution is 2.29. The van der Waals surface area contributed by atoms with Crippen molar-refractivity contribution in [2.45, 2.75) is 25.7 Å². The van der Waals surface area contributed by atoms with Crippen molar-refractivity contribution < 1.29 is 4.74 Å². The molecule has 1 unspecified atom stereocenters. The largest absolute Gasteiger partial charge is 0.493 e. The first-order valence-electron chi connectivity index (χ1n) is 5.72. The third-order valence-corrected chi connectivity index (χ3v) is 2.99. The van der Waals surface area contributed by atoms with Gasteiger partial charge in [0.15, 0.2) is 0 Å². The number of ether oxygens (including phenoxy) is 1. The number of benzene rings is 1. The number of nitrogens with two attached hydrogens (primary N) is 1. The highest BCUT2D eigenvalue weighted by atomic mass is 16.5. The predicted octanol–water partition coefficient (Wildman–Crippen LogP) is 2.54. The lowest BCUT2D eigenvalue weighted by molar-refractivity contribution is 0.299. The summed E-state index contributed by atoms with van der Waals surface area (Å²) in [6.45, 7) is 3.72. The van der Waals surface area contributed by atoms with Gasteiger partial charge in [-0.3, -0.25) is 0 Å². The topological polar surface area (TPSA) is 35.2 Å². The van der Waals surface area contributed by atoms with E-state index >= 15 is 0 Å². The van der Waals surface area contributed by atoms with Crippen molar-refractivity contribution in [2.24, 2.45) is 11.7 Å². The van der Waals surface area contributed by atoms with E-state index < -0.39 is 0 Å². The van der Waals surface area contributed by atoms with E-state index in [2.05, 4.69) is 19.1 Å². The summed E-state index contributed by atoms with van der Waals surface area (Å²) in [5, 5.41) is 0. The molecule has 0 bridgehead atoms. The Morgan fingerprint density at radius 1 is 1.33 bits per heavy atom. The Balaban J connectivity index is 1.90. The molecule has 0 radical (unpaired) electrons. The standard InChI is InChI=1S/C13H19NO/c1-10(8-14)12-4-6-13(7-5-12)15-9-11-2-3-11/h4-7,10-11H,2-3,8-9,14H2,1H3. The summed E-state index contributed by atoms with van der Waals surface area (Å²) >= 11 is 0. The molecule has 0 saturated heterocycles. The Morgan fingerprint density at radius 3 is 2.53 bits per heavy atom. The maximum absolute atomic E-state index is 5.67. The molecule has 1 saturated carbocycles. The maximum atomic E-state index is 5.67. The molecule has 0 amide bonds. The van der Waals surface area contributed by atoms with Crippen molar-refractivity contribution in [1.82, 2.24) is 0 Å². The van der Waals surface area contributed by atoms with Crippen molar-refractivity contribution in [3.8, 4) is 5.75 Å². The van der Waals surface area contributed by atoms with Crippen LogP contribution in [0.5, 0.6) is 5.75 Å². The highest BCUT2D eigenvalue weighted by molar-refractivity contribution is 5.29. The van der Waals surface area contributed by atoms with Crippen LogP contribution >= 0.6 is 0 Å². The van der Waals surface area contributed by atoms with Gasteiger partial charge in [0.05, 0.1) is 6.61 Å². The lowest BCUT2D eigenvalue weighted by Crippen LogP contribution is -2.08. The van der Waals surface area contributed by atoms with Crippen LogP contribution in [-0.2, 0) is 0 Å². The smallest absolute Gasteiger partial charge is 0.119 e. The minimum atomic E-state index is 0.433. The van der Waals surface area contributed by atoms with E-state index in [4.69, 9.17) is 10.5 Å². The monoisotopic (exact) mass is 205 g/mol. The van der Waals surface area contributed by atoms with Gasteiger partial charge in [-0.05, 0) is 48.9 Å². The van der Waals surface area contributed by atoms with E-state index in [9.17, 15) is 0 Å². The summed E-state index contributed by atoms with van der Waals surface area (Å²) in [6, 6.07) is 8.31. The minimum Gasteiger partial charge on any atom is -0.493 e. The lowest BCUT2D eigenvalue weighted by atomic mass is 10.0. The van der Waals surface area contributed by atoms with Crippen LogP contribution in [0.25, 0.3) is 0 Å². The number of hydrogen-bond donors (Lipinski definition) is 1. The SMILES string of the molecule is CC(CN)c1ccc(OCC2CC2)cc1. The van der Waals surface area contributed by atoms with Gasteiger partial charge in [0.25, 0.3) is 0 Å². The third-order valence-electron chi connectivity index (χ3n) is 2.99. The zero-order valence-electron chi connectivity index (χ0n) is 9.28. The normalized spacial score (nSPS) is 17.5. The molecular formula is C13H19NO. The van der Waals surface area contributed by atoms with Gasteiger partial charge in [-0.1, -0.05) is 19.1 Å². The molecule has 0 heterocycles. The maximum Gasteiger partial charge on any atom is 0.119 e. The van der Waals surface area contributed by atoms with Crippen molar-refractivity contribution >= 4 is 0 Å². The molecule has 2 N–H and O–H groups in total. The van der Waals surface area contributed by atoms with Crippen molar-refractivity contribution in [2.75, 3.05) is 13.2 Å². The average molecular weight is 205 g/mol. The zero-order valence-corrected chi connectivity index (χ0v) is 9.28. The molecule has 0 spiro atoms. The van der Waals surface area contributed by atoms with Crippen molar-refractivity contribution in [3.63, 3.8) is 0 Å². The second-order valence-corrected chi connectivity index (χ2v) is 4.46. The summed E-state index contributed by atoms with van der Waals surface area (Å²) in [5.74, 6) is 2.23. The Labute approximate surface area is 91.4 Å². The van der Waals surface area contributed by atoms with Gasteiger partial charge < -0.3 is 10.5 Å². The van der Waals surface area contributed by atoms with E-state index in [-0.39, 0.29) is 0 Å². The van der Waals surface area contributed by atoms with Gasteiger partial charge in [-0.15, -0.1) is 0 Å². The van der Waals surface area contributed by atoms with Gasteiger partial charge in [-0.2, -0.15) is 0 Å². The fourth-order valence-electron chi connectivity index (χ4n) is 1.53. The van der Waals surface area contributed by atoms with Crippen LogP contribution in [-0.4, -0.2) is 13.2 Å². The van der Waals surface area contributed by atoms with Crippen LogP contribution in [0.3, 0.4) is 0 Å². The number of hydrogen-bond acceptors (Lipinski definition) is 2. The third kappa shape index (κ3) is 2.96. The Hall–Kier alpha value is -1.02. The quantitative estimate of drug-likeness (QED) is 0.801. The highest BCUT2D eigenvalue weighted by Gasteiger charge is 2.21. The van der Waals surface area contributed by atoms with Crippen LogP contribution in [0, 0.1) is 5.92 Å². The summed E-state index contributed by atoms with van der Waals surface area (Å²) < 4.78 is 5.67. The molecule has 82 valence electrons. The Morgan fingerprint density at radius 2 is 2.00 bits per heavy atom. The first kappa shape index (κ1) is 10.5. The Kier molecular flexibility index (Phi) is 3.27. The van der Waals surface area contributed by atoms with Crippen molar-refractivity contribution in [1.29, 1.82) is 0 Å². The molecule has 0 aliphatic heterocycles. The molecule has 15 heavy (non-hydrogen) atoms. The van der Waals surface area contributed by atoms with Gasteiger partial charge >= 0.3 is 0 Å². The van der Waals surface area contributed by atoms with Crippen molar-refractivity contribution in [3.05, 3.63) is 29.8 Å². The summed E-state index contributed by atoms with van der Waals surface area (Å²) in [6.07, 6.45) is 2.67. The van der Waals surface area contributed by atoms with Gasteiger partial charge in [0.2, 0.25) is 0 Å². The fraction of sp³-hybridized carbons (Fsp3) is 0.538. The second kappa shape index (κ2) is 4.67. The van der Waals surface area contributed by atoms with Crippen LogP contribution < -0.4 is 10.5 Å². The van der Waals surface area contributed by atoms with E-state index in [1.165, 1.54) is 18.4 Å². The summed E-state index contributed by atoms with van der Waals surface area (Å²) in [4.78, 5) is 0. The predicted molar refractivity (Wildman–Crippen MR) is 62.1 cm³/mol. The molecule has 1 aliphatic carbocycles. The van der Waals surface area contributed by atoms with E-state index in [1.54, 1.807) is 0 Å². The fourth-order valence-corrected chi connectivity index (χ4v) is 1.53. The molecule has 1 aliphatic rings. The van der Waals surface area contributed by atoms with E-state index in [1.807, 2.05) is 12.1 Å². The zero-order chi connectivity index (χ0) is 10.7. The molecule has 1 aromatic rings. The van der Waals surface area contributed by atoms with Crippen LogP contribution in [0.15, 0.2) is 24.3 Å². The molecule has 1 aromatic carbocycles. The summed E-state index contributed by atoms with van der Waals surface area (Å²) in [5.41, 5.74) is 6.91. The van der Waals surface area contributed by atoms with Gasteiger partial charge in [-0.25, -0.2) is 0 Å². The molecule has 1 fully saturated rings. The molecular weight excluding hydrogens is 186 g/mol. The molecule has 2 nitrogen and oxygen atoms in total.